The molecule has 108 valence electrons. The molecular weight excluding hydrogens is 252 g/mol. The van der Waals surface area contributed by atoms with Crippen LogP contribution in [0.5, 0.6) is 0 Å². The first-order chi connectivity index (χ1) is 9.75. The van der Waals surface area contributed by atoms with Gasteiger partial charge in [-0.25, -0.2) is 0 Å². The largest absolute Gasteiger partial charge is 0.379 e. The number of likely N-dealkylation sites (N-methyl/N-ethyl adjacent to an activating group) is 1. The number of ether oxygens (including phenoxy) is 1. The Morgan fingerprint density at radius 1 is 1.35 bits per heavy atom. The molecule has 1 fully saturated rings. The van der Waals surface area contributed by atoms with Gasteiger partial charge in [0.1, 0.15) is 0 Å². The lowest BCUT2D eigenvalue weighted by Crippen LogP contribution is -2.44. The Bertz CT molecular complexity index is 483. The van der Waals surface area contributed by atoms with Gasteiger partial charge in [-0.15, -0.1) is 0 Å². The van der Waals surface area contributed by atoms with Crippen LogP contribution >= 0.6 is 0 Å². The van der Waals surface area contributed by atoms with Crippen LogP contribution in [-0.2, 0) is 16.0 Å². The number of fused-ring (bicyclic) bond motifs is 1. The second-order valence-corrected chi connectivity index (χ2v) is 5.65. The minimum absolute atomic E-state index is 0.216. The van der Waals surface area contributed by atoms with Gasteiger partial charge >= 0.3 is 0 Å². The number of rotatable bonds is 3. The average molecular weight is 274 g/mol. The molecule has 3 rings (SSSR count). The Hall–Kier alpha value is -1.39. The Balaban J connectivity index is 1.64. The van der Waals surface area contributed by atoms with Crippen LogP contribution in [0.1, 0.15) is 23.6 Å². The van der Waals surface area contributed by atoms with Crippen molar-refractivity contribution >= 4 is 5.91 Å². The first-order valence-electron chi connectivity index (χ1n) is 7.39. The molecule has 1 aromatic rings. The molecule has 1 aliphatic heterocycles. The van der Waals surface area contributed by atoms with Crippen LogP contribution in [0.3, 0.4) is 0 Å². The molecule has 0 aromatic heterocycles. The first-order valence-corrected chi connectivity index (χ1v) is 7.39. The van der Waals surface area contributed by atoms with E-state index in [2.05, 4.69) is 29.2 Å². The van der Waals surface area contributed by atoms with Gasteiger partial charge in [0.05, 0.1) is 25.8 Å². The number of carbonyl (C=O) groups excluding carboxylic acids is 1. The van der Waals surface area contributed by atoms with E-state index in [0.29, 0.717) is 6.54 Å². The van der Waals surface area contributed by atoms with Crippen molar-refractivity contribution in [3.8, 4) is 0 Å². The van der Waals surface area contributed by atoms with Gasteiger partial charge in [0, 0.05) is 20.1 Å². The van der Waals surface area contributed by atoms with Crippen molar-refractivity contribution < 1.29 is 9.53 Å². The van der Waals surface area contributed by atoms with E-state index in [1.54, 1.807) is 0 Å². The molecule has 0 radical (unpaired) electrons. The molecule has 1 amide bonds. The number of benzene rings is 1. The Morgan fingerprint density at radius 3 is 2.90 bits per heavy atom. The summed E-state index contributed by atoms with van der Waals surface area (Å²) in [6.45, 7) is 3.71. The van der Waals surface area contributed by atoms with E-state index in [0.717, 1.165) is 39.1 Å². The minimum Gasteiger partial charge on any atom is -0.379 e. The molecule has 20 heavy (non-hydrogen) atoms. The predicted octanol–water partition coefficient (Wildman–Crippen LogP) is 1.46. The molecule has 1 heterocycles. The Morgan fingerprint density at radius 2 is 2.10 bits per heavy atom. The quantitative estimate of drug-likeness (QED) is 0.836. The topological polar surface area (TPSA) is 32.8 Å². The first kappa shape index (κ1) is 13.6. The predicted molar refractivity (Wildman–Crippen MR) is 77.5 cm³/mol. The standard InChI is InChI=1S/C16H22N2O2/c1-17(16(19)12-18-8-10-20-11-9-18)15-7-6-13-4-2-3-5-14(13)15/h2-5,15H,6-12H2,1H3. The van der Waals surface area contributed by atoms with Crippen LogP contribution in [0.2, 0.25) is 0 Å². The molecule has 0 saturated carbocycles. The van der Waals surface area contributed by atoms with Gasteiger partial charge in [-0.1, -0.05) is 24.3 Å². The van der Waals surface area contributed by atoms with Crippen LogP contribution in [0.15, 0.2) is 24.3 Å². The highest BCUT2D eigenvalue weighted by Crippen LogP contribution is 2.34. The lowest BCUT2D eigenvalue weighted by molar-refractivity contribution is -0.134. The number of hydrogen-bond acceptors (Lipinski definition) is 3. The zero-order valence-electron chi connectivity index (χ0n) is 12.0. The van der Waals surface area contributed by atoms with Crippen LogP contribution in [0, 0.1) is 0 Å². The fourth-order valence-corrected chi connectivity index (χ4v) is 3.17. The van der Waals surface area contributed by atoms with Crippen LogP contribution in [-0.4, -0.2) is 55.6 Å². The number of aryl methyl sites for hydroxylation is 1. The van der Waals surface area contributed by atoms with E-state index in [1.165, 1.54) is 11.1 Å². The Kier molecular flexibility index (Phi) is 4.03. The summed E-state index contributed by atoms with van der Waals surface area (Å²) < 4.78 is 5.32. The van der Waals surface area contributed by atoms with Gasteiger partial charge in [-0.3, -0.25) is 9.69 Å². The van der Waals surface area contributed by atoms with Crippen molar-refractivity contribution in [1.82, 2.24) is 9.80 Å². The fourth-order valence-electron chi connectivity index (χ4n) is 3.17. The third-order valence-electron chi connectivity index (χ3n) is 4.42. The molecule has 1 aliphatic carbocycles. The lowest BCUT2D eigenvalue weighted by atomic mass is 10.1. The molecule has 0 bridgehead atoms. The van der Waals surface area contributed by atoms with Crippen molar-refractivity contribution in [1.29, 1.82) is 0 Å². The SMILES string of the molecule is CN(C(=O)CN1CCOCC1)C1CCc2ccccc21. The maximum Gasteiger partial charge on any atom is 0.237 e. The minimum atomic E-state index is 0.216. The maximum absolute atomic E-state index is 12.5. The highest BCUT2D eigenvalue weighted by molar-refractivity contribution is 5.78. The summed E-state index contributed by atoms with van der Waals surface area (Å²) in [7, 11) is 1.94. The average Bonchev–Trinajstić information content (AvgIpc) is 2.91. The van der Waals surface area contributed by atoms with Crippen molar-refractivity contribution in [2.75, 3.05) is 39.9 Å². The third-order valence-corrected chi connectivity index (χ3v) is 4.42. The van der Waals surface area contributed by atoms with E-state index in [1.807, 2.05) is 11.9 Å². The van der Waals surface area contributed by atoms with Gasteiger partial charge in [-0.2, -0.15) is 0 Å². The smallest absolute Gasteiger partial charge is 0.237 e. The molecule has 1 atom stereocenters. The summed E-state index contributed by atoms with van der Waals surface area (Å²) in [5.74, 6) is 0.216. The summed E-state index contributed by atoms with van der Waals surface area (Å²) in [4.78, 5) is 16.6. The van der Waals surface area contributed by atoms with Crippen molar-refractivity contribution in [2.45, 2.75) is 18.9 Å². The van der Waals surface area contributed by atoms with Gasteiger partial charge in [0.25, 0.3) is 0 Å². The molecule has 0 spiro atoms. The number of nitrogens with zero attached hydrogens (tertiary/aromatic N) is 2. The monoisotopic (exact) mass is 274 g/mol. The summed E-state index contributed by atoms with van der Waals surface area (Å²) in [6, 6.07) is 8.73. The summed E-state index contributed by atoms with van der Waals surface area (Å²) in [5.41, 5.74) is 2.72. The van der Waals surface area contributed by atoms with Crippen LogP contribution < -0.4 is 0 Å². The summed E-state index contributed by atoms with van der Waals surface area (Å²) in [6.07, 6.45) is 2.13. The zero-order valence-corrected chi connectivity index (χ0v) is 12.0. The molecular formula is C16H22N2O2. The third kappa shape index (κ3) is 2.72. The van der Waals surface area contributed by atoms with E-state index in [-0.39, 0.29) is 11.9 Å². The van der Waals surface area contributed by atoms with Crippen molar-refractivity contribution in [3.63, 3.8) is 0 Å². The Labute approximate surface area is 120 Å². The summed E-state index contributed by atoms with van der Waals surface area (Å²) >= 11 is 0. The highest BCUT2D eigenvalue weighted by atomic mass is 16.5. The normalized spacial score (nSPS) is 22.6. The van der Waals surface area contributed by atoms with Gasteiger partial charge in [-0.05, 0) is 24.0 Å². The highest BCUT2D eigenvalue weighted by Gasteiger charge is 2.29. The van der Waals surface area contributed by atoms with Crippen LogP contribution in [0.25, 0.3) is 0 Å². The van der Waals surface area contributed by atoms with E-state index >= 15 is 0 Å². The molecule has 4 heteroatoms. The van der Waals surface area contributed by atoms with Crippen molar-refractivity contribution in [3.05, 3.63) is 35.4 Å². The van der Waals surface area contributed by atoms with Crippen LogP contribution in [0.4, 0.5) is 0 Å². The molecule has 0 N–H and O–H groups in total. The fraction of sp³-hybridized carbons (Fsp3) is 0.562. The number of carbonyl (C=O) groups is 1. The van der Waals surface area contributed by atoms with Gasteiger partial charge < -0.3 is 9.64 Å². The number of amides is 1. The summed E-state index contributed by atoms with van der Waals surface area (Å²) in [5, 5.41) is 0. The maximum atomic E-state index is 12.5. The molecule has 1 saturated heterocycles. The number of morpholine rings is 1. The van der Waals surface area contributed by atoms with Gasteiger partial charge in [0.2, 0.25) is 5.91 Å². The second-order valence-electron chi connectivity index (χ2n) is 5.65. The van der Waals surface area contributed by atoms with E-state index < -0.39 is 0 Å². The van der Waals surface area contributed by atoms with Crippen molar-refractivity contribution in [2.24, 2.45) is 0 Å². The zero-order chi connectivity index (χ0) is 13.9. The lowest BCUT2D eigenvalue weighted by Gasteiger charge is -2.30. The van der Waals surface area contributed by atoms with E-state index in [4.69, 9.17) is 4.74 Å². The van der Waals surface area contributed by atoms with E-state index in [9.17, 15) is 4.79 Å². The molecule has 4 nitrogen and oxygen atoms in total. The molecule has 1 aromatic carbocycles. The van der Waals surface area contributed by atoms with Gasteiger partial charge in [0.15, 0.2) is 0 Å². The second kappa shape index (κ2) is 5.94. The molecule has 1 unspecified atom stereocenters. The number of hydrogen-bond donors (Lipinski definition) is 0. The molecule has 2 aliphatic rings.